The van der Waals surface area contributed by atoms with Gasteiger partial charge in [0.25, 0.3) is 0 Å². The van der Waals surface area contributed by atoms with Crippen molar-refractivity contribution < 1.29 is 9.53 Å². The smallest absolute Gasteiger partial charge is 0.246 e. The topological polar surface area (TPSA) is 32.8 Å². The van der Waals surface area contributed by atoms with Gasteiger partial charge in [-0.3, -0.25) is 9.69 Å². The number of rotatable bonds is 4. The maximum Gasteiger partial charge on any atom is 0.246 e. The lowest BCUT2D eigenvalue weighted by atomic mass is 10.2. The van der Waals surface area contributed by atoms with Gasteiger partial charge < -0.3 is 9.64 Å². The molecule has 22 heavy (non-hydrogen) atoms. The van der Waals surface area contributed by atoms with E-state index >= 15 is 0 Å². The molecule has 2 fully saturated rings. The second kappa shape index (κ2) is 7.40. The third-order valence-electron chi connectivity index (χ3n) is 4.45. The molecule has 0 N–H and O–H groups in total. The van der Waals surface area contributed by atoms with Crippen molar-refractivity contribution in [1.29, 1.82) is 0 Å². The molecule has 2 aliphatic rings. The molecule has 0 saturated carbocycles. The summed E-state index contributed by atoms with van der Waals surface area (Å²) < 4.78 is 5.69. The molecule has 1 amide bonds. The number of carbonyl (C=O) groups is 1. The Morgan fingerprint density at radius 3 is 2.86 bits per heavy atom. The first-order valence-corrected chi connectivity index (χ1v) is 8.95. The van der Waals surface area contributed by atoms with E-state index in [-0.39, 0.29) is 5.91 Å². The average Bonchev–Trinajstić information content (AvgIpc) is 3.17. The van der Waals surface area contributed by atoms with E-state index in [0.717, 1.165) is 39.3 Å². The molecule has 0 aromatic carbocycles. The fourth-order valence-electron chi connectivity index (χ4n) is 3.03. The highest BCUT2D eigenvalue weighted by atomic mass is 32.1. The van der Waals surface area contributed by atoms with E-state index in [1.54, 1.807) is 17.4 Å². The van der Waals surface area contributed by atoms with Crippen LogP contribution >= 0.6 is 11.3 Å². The molecule has 3 rings (SSSR count). The molecule has 5 heteroatoms. The van der Waals surface area contributed by atoms with E-state index in [9.17, 15) is 4.79 Å². The molecule has 4 nitrogen and oxygen atoms in total. The zero-order chi connectivity index (χ0) is 15.4. The molecule has 1 atom stereocenters. The lowest BCUT2D eigenvalue weighted by Crippen LogP contribution is -2.50. The monoisotopic (exact) mass is 320 g/mol. The summed E-state index contributed by atoms with van der Waals surface area (Å²) in [4.78, 5) is 17.8. The number of hydrogen-bond acceptors (Lipinski definition) is 4. The Labute approximate surface area is 136 Å². The molecule has 1 aromatic rings. The van der Waals surface area contributed by atoms with Crippen molar-refractivity contribution in [1.82, 2.24) is 9.80 Å². The molecule has 1 unspecified atom stereocenters. The summed E-state index contributed by atoms with van der Waals surface area (Å²) in [6.07, 6.45) is 6.44. The fraction of sp³-hybridized carbons (Fsp3) is 0.588. The summed E-state index contributed by atoms with van der Waals surface area (Å²) in [6, 6.07) is 2.08. The van der Waals surface area contributed by atoms with Gasteiger partial charge in [-0.15, -0.1) is 11.3 Å². The number of amides is 1. The van der Waals surface area contributed by atoms with E-state index in [4.69, 9.17) is 4.74 Å². The highest BCUT2D eigenvalue weighted by molar-refractivity contribution is 7.11. The Morgan fingerprint density at radius 2 is 2.23 bits per heavy atom. The van der Waals surface area contributed by atoms with Crippen LogP contribution < -0.4 is 0 Å². The Morgan fingerprint density at radius 1 is 1.41 bits per heavy atom. The van der Waals surface area contributed by atoms with Gasteiger partial charge in [-0.05, 0) is 42.9 Å². The van der Waals surface area contributed by atoms with Gasteiger partial charge in [0.2, 0.25) is 5.91 Å². The quantitative estimate of drug-likeness (QED) is 0.799. The number of piperazine rings is 1. The van der Waals surface area contributed by atoms with Crippen LogP contribution in [0, 0.1) is 6.92 Å². The standard InChI is InChI=1S/C17H24N2O2S/c1-14-6-12-22-16(14)4-5-17(20)19-9-7-18(8-10-19)13-15-3-2-11-21-15/h4-6,12,15H,2-3,7-11,13H2,1H3. The van der Waals surface area contributed by atoms with Crippen molar-refractivity contribution in [2.75, 3.05) is 39.3 Å². The van der Waals surface area contributed by atoms with Crippen LogP contribution in [0.5, 0.6) is 0 Å². The summed E-state index contributed by atoms with van der Waals surface area (Å²) in [7, 11) is 0. The van der Waals surface area contributed by atoms with Gasteiger partial charge in [-0.1, -0.05) is 0 Å². The number of hydrogen-bond donors (Lipinski definition) is 0. The number of thiophene rings is 1. The number of ether oxygens (including phenoxy) is 1. The molecule has 0 aliphatic carbocycles. The Hall–Kier alpha value is -1.17. The first-order chi connectivity index (χ1) is 10.7. The van der Waals surface area contributed by atoms with Crippen LogP contribution in [0.2, 0.25) is 0 Å². The van der Waals surface area contributed by atoms with Crippen LogP contribution in [0.25, 0.3) is 6.08 Å². The maximum absolute atomic E-state index is 12.3. The van der Waals surface area contributed by atoms with Gasteiger partial charge in [0.15, 0.2) is 0 Å². The van der Waals surface area contributed by atoms with E-state index in [2.05, 4.69) is 23.3 Å². The summed E-state index contributed by atoms with van der Waals surface area (Å²) in [5.74, 6) is 0.129. The molecule has 2 aliphatic heterocycles. The van der Waals surface area contributed by atoms with Crippen molar-refractivity contribution in [2.45, 2.75) is 25.9 Å². The lowest BCUT2D eigenvalue weighted by molar-refractivity contribution is -0.127. The van der Waals surface area contributed by atoms with E-state index in [0.29, 0.717) is 6.10 Å². The molecular weight excluding hydrogens is 296 g/mol. The first kappa shape index (κ1) is 15.7. The first-order valence-electron chi connectivity index (χ1n) is 8.07. The van der Waals surface area contributed by atoms with E-state index < -0.39 is 0 Å². The highest BCUT2D eigenvalue weighted by Gasteiger charge is 2.24. The van der Waals surface area contributed by atoms with Crippen LogP contribution in [-0.2, 0) is 9.53 Å². The zero-order valence-corrected chi connectivity index (χ0v) is 14.0. The van der Waals surface area contributed by atoms with Gasteiger partial charge >= 0.3 is 0 Å². The number of aryl methyl sites for hydroxylation is 1. The highest BCUT2D eigenvalue weighted by Crippen LogP contribution is 2.18. The normalized spacial score (nSPS) is 23.5. The Kier molecular flexibility index (Phi) is 5.28. The summed E-state index contributed by atoms with van der Waals surface area (Å²) in [5, 5.41) is 2.06. The molecule has 0 spiro atoms. The molecule has 0 bridgehead atoms. The van der Waals surface area contributed by atoms with Crippen LogP contribution in [-0.4, -0.2) is 61.1 Å². The minimum atomic E-state index is 0.129. The zero-order valence-electron chi connectivity index (χ0n) is 13.2. The average molecular weight is 320 g/mol. The van der Waals surface area contributed by atoms with Crippen LogP contribution in [0.1, 0.15) is 23.3 Å². The molecule has 2 saturated heterocycles. The van der Waals surface area contributed by atoms with E-state index in [1.165, 1.54) is 23.3 Å². The van der Waals surface area contributed by atoms with Crippen LogP contribution in [0.3, 0.4) is 0 Å². The Balaban J connectivity index is 1.45. The molecular formula is C17H24N2O2S. The second-order valence-corrected chi connectivity index (χ2v) is 7.01. The maximum atomic E-state index is 12.3. The minimum absolute atomic E-state index is 0.129. The molecule has 120 valence electrons. The minimum Gasteiger partial charge on any atom is -0.377 e. The second-order valence-electron chi connectivity index (χ2n) is 6.06. The van der Waals surface area contributed by atoms with Gasteiger partial charge in [0.1, 0.15) is 0 Å². The van der Waals surface area contributed by atoms with Crippen LogP contribution in [0.4, 0.5) is 0 Å². The summed E-state index contributed by atoms with van der Waals surface area (Å²) >= 11 is 1.68. The van der Waals surface area contributed by atoms with E-state index in [1.807, 2.05) is 11.0 Å². The Bertz CT molecular complexity index is 527. The van der Waals surface area contributed by atoms with Gasteiger partial charge in [-0.25, -0.2) is 0 Å². The molecule has 0 radical (unpaired) electrons. The van der Waals surface area contributed by atoms with Crippen molar-refractivity contribution >= 4 is 23.3 Å². The van der Waals surface area contributed by atoms with Crippen molar-refractivity contribution in [3.63, 3.8) is 0 Å². The van der Waals surface area contributed by atoms with Crippen LogP contribution in [0.15, 0.2) is 17.5 Å². The van der Waals surface area contributed by atoms with Crippen molar-refractivity contribution in [3.8, 4) is 0 Å². The molecule has 1 aromatic heterocycles. The van der Waals surface area contributed by atoms with Gasteiger partial charge in [0, 0.05) is 50.3 Å². The number of nitrogens with zero attached hydrogens (tertiary/aromatic N) is 2. The third kappa shape index (κ3) is 3.97. The summed E-state index contributed by atoms with van der Waals surface area (Å²) in [5.41, 5.74) is 1.23. The van der Waals surface area contributed by atoms with Crippen molar-refractivity contribution in [3.05, 3.63) is 28.0 Å². The predicted molar refractivity (Wildman–Crippen MR) is 90.1 cm³/mol. The SMILES string of the molecule is Cc1ccsc1C=CC(=O)N1CCN(CC2CCCO2)CC1. The summed E-state index contributed by atoms with van der Waals surface area (Å²) in [6.45, 7) is 7.56. The molecule has 3 heterocycles. The predicted octanol–water partition coefficient (Wildman–Crippen LogP) is 2.39. The lowest BCUT2D eigenvalue weighted by Gasteiger charge is -2.35. The number of carbonyl (C=O) groups excluding carboxylic acids is 1. The third-order valence-corrected chi connectivity index (χ3v) is 5.43. The largest absolute Gasteiger partial charge is 0.377 e. The van der Waals surface area contributed by atoms with Gasteiger partial charge in [0.05, 0.1) is 6.10 Å². The van der Waals surface area contributed by atoms with Gasteiger partial charge in [-0.2, -0.15) is 0 Å². The fourth-order valence-corrected chi connectivity index (χ4v) is 3.85. The van der Waals surface area contributed by atoms with Crippen molar-refractivity contribution in [2.24, 2.45) is 0 Å².